The van der Waals surface area contributed by atoms with Crippen molar-refractivity contribution in [3.8, 4) is 0 Å². The number of hydrogen-bond donors (Lipinski definition) is 0. The molecule has 0 aromatic carbocycles. The summed E-state index contributed by atoms with van der Waals surface area (Å²) in [6.07, 6.45) is 8.25. The van der Waals surface area contributed by atoms with Crippen LogP contribution in [0.2, 0.25) is 0 Å². The Morgan fingerprint density at radius 3 is 1.84 bits per heavy atom. The maximum absolute atomic E-state index is 12.2. The first-order valence-corrected chi connectivity index (χ1v) is 7.27. The number of nitrogens with zero attached hydrogens (tertiary/aromatic N) is 3. The van der Waals surface area contributed by atoms with Crippen LogP contribution in [0, 0.1) is 23.7 Å². The molecule has 0 unspecified atom stereocenters. The summed E-state index contributed by atoms with van der Waals surface area (Å²) >= 11 is 0. The fraction of sp³-hybridized carbons (Fsp3) is 0.714. The lowest BCUT2D eigenvalue weighted by Crippen LogP contribution is -2.46. The molecule has 0 N–H and O–H groups in total. The third kappa shape index (κ3) is 0.945. The molecular formula is C14H17N3O2. The summed E-state index contributed by atoms with van der Waals surface area (Å²) in [6.45, 7) is 0. The van der Waals surface area contributed by atoms with E-state index in [1.54, 1.807) is 16.4 Å². The van der Waals surface area contributed by atoms with E-state index in [1.807, 2.05) is 0 Å². The van der Waals surface area contributed by atoms with Crippen LogP contribution in [-0.2, 0) is 7.05 Å². The maximum atomic E-state index is 12.2. The Kier molecular flexibility index (Phi) is 1.61. The quantitative estimate of drug-likeness (QED) is 0.643. The third-order valence-corrected chi connectivity index (χ3v) is 6.07. The summed E-state index contributed by atoms with van der Waals surface area (Å²) in [5, 5.41) is 0. The first kappa shape index (κ1) is 10.3. The molecule has 0 spiro atoms. The van der Waals surface area contributed by atoms with E-state index >= 15 is 0 Å². The van der Waals surface area contributed by atoms with Gasteiger partial charge in [-0.15, -0.1) is 0 Å². The van der Waals surface area contributed by atoms with Crippen molar-refractivity contribution in [3.63, 3.8) is 0 Å². The second-order valence-corrected chi connectivity index (χ2v) is 6.63. The molecule has 100 valence electrons. The minimum absolute atomic E-state index is 0.124. The molecule has 0 amide bonds. The summed E-state index contributed by atoms with van der Waals surface area (Å²) in [4.78, 5) is 24.5. The van der Waals surface area contributed by atoms with E-state index in [0.717, 1.165) is 6.42 Å². The Bertz CT molecular complexity index is 665. The topological polar surface area (TPSA) is 48.9 Å². The predicted octanol–water partition coefficient (Wildman–Crippen LogP) is 0.676. The molecule has 1 aromatic rings. The molecule has 6 rings (SSSR count). The summed E-state index contributed by atoms with van der Waals surface area (Å²) in [6, 6.07) is 0.517. The van der Waals surface area contributed by atoms with Crippen molar-refractivity contribution >= 4 is 0 Å². The second kappa shape index (κ2) is 2.97. The Labute approximate surface area is 110 Å². The van der Waals surface area contributed by atoms with Crippen molar-refractivity contribution in [1.29, 1.82) is 0 Å². The highest BCUT2D eigenvalue weighted by molar-refractivity contribution is 5.18. The molecule has 5 nitrogen and oxygen atoms in total. The number of aromatic nitrogens is 3. The number of fused-ring (bicyclic) bond motifs is 6. The molecule has 0 saturated heterocycles. The molecule has 2 saturated carbocycles. The Morgan fingerprint density at radius 2 is 1.42 bits per heavy atom. The van der Waals surface area contributed by atoms with Crippen molar-refractivity contribution < 1.29 is 0 Å². The fourth-order valence-electron chi connectivity index (χ4n) is 5.42. The van der Waals surface area contributed by atoms with Gasteiger partial charge in [-0.05, 0) is 42.9 Å². The lowest BCUT2D eigenvalue weighted by atomic mass is 9.62. The van der Waals surface area contributed by atoms with Crippen LogP contribution >= 0.6 is 0 Å². The number of rotatable bonds is 0. The lowest BCUT2D eigenvalue weighted by Gasteiger charge is -2.47. The van der Waals surface area contributed by atoms with Crippen molar-refractivity contribution in [2.45, 2.75) is 31.3 Å². The van der Waals surface area contributed by atoms with Gasteiger partial charge >= 0.3 is 11.4 Å². The van der Waals surface area contributed by atoms with Gasteiger partial charge in [0.2, 0.25) is 0 Å². The van der Waals surface area contributed by atoms with Crippen molar-refractivity contribution in [2.75, 3.05) is 0 Å². The zero-order chi connectivity index (χ0) is 12.9. The molecule has 0 radical (unpaired) electrons. The van der Waals surface area contributed by atoms with Crippen LogP contribution in [0.3, 0.4) is 0 Å². The summed E-state index contributed by atoms with van der Waals surface area (Å²) < 4.78 is 4.80. The van der Waals surface area contributed by atoms with Gasteiger partial charge in [-0.2, -0.15) is 0 Å². The van der Waals surface area contributed by atoms with Gasteiger partial charge in [0.15, 0.2) is 0 Å². The SMILES string of the molecule is Cn1c(=O)n2n(c1=O)[C@@H]1C[C@@H]2[C@@H]2[C@@H]1[C@H]1C=C[C@H]2CC1. The van der Waals surface area contributed by atoms with Gasteiger partial charge in [0.05, 0.1) is 12.1 Å². The monoisotopic (exact) mass is 259 g/mol. The van der Waals surface area contributed by atoms with Crippen LogP contribution in [-0.4, -0.2) is 13.9 Å². The van der Waals surface area contributed by atoms with Crippen LogP contribution in [0.5, 0.6) is 0 Å². The molecule has 19 heavy (non-hydrogen) atoms. The van der Waals surface area contributed by atoms with Gasteiger partial charge in [-0.3, -0.25) is 0 Å². The first-order chi connectivity index (χ1) is 9.18. The van der Waals surface area contributed by atoms with Crippen LogP contribution in [0.15, 0.2) is 21.7 Å². The maximum Gasteiger partial charge on any atom is 0.347 e. The second-order valence-electron chi connectivity index (χ2n) is 6.63. The summed E-state index contributed by atoms with van der Waals surface area (Å²) in [5.74, 6) is 2.43. The molecule has 5 heteroatoms. The predicted molar refractivity (Wildman–Crippen MR) is 69.0 cm³/mol. The fourth-order valence-corrected chi connectivity index (χ4v) is 5.42. The van der Waals surface area contributed by atoms with Crippen molar-refractivity contribution in [1.82, 2.24) is 13.9 Å². The average Bonchev–Trinajstić information content (AvgIpc) is 3.09. The Hall–Kier alpha value is -1.52. The smallest absolute Gasteiger partial charge is 0.246 e. The van der Waals surface area contributed by atoms with Crippen molar-refractivity contribution in [3.05, 3.63) is 33.1 Å². The van der Waals surface area contributed by atoms with Gasteiger partial charge in [0.1, 0.15) is 0 Å². The average molecular weight is 259 g/mol. The Morgan fingerprint density at radius 1 is 0.947 bits per heavy atom. The van der Waals surface area contributed by atoms with Crippen LogP contribution < -0.4 is 11.4 Å². The highest BCUT2D eigenvalue weighted by atomic mass is 16.2. The van der Waals surface area contributed by atoms with Gasteiger partial charge in [0.25, 0.3) is 0 Å². The highest BCUT2D eigenvalue weighted by Gasteiger charge is 2.59. The molecule has 4 bridgehead atoms. The molecule has 1 aromatic heterocycles. The molecule has 2 heterocycles. The number of allylic oxidation sites excluding steroid dienone is 2. The van der Waals surface area contributed by atoms with E-state index in [2.05, 4.69) is 12.2 Å². The standard InChI is InChI=1S/C14H17N3O2/c1-15-13(18)16-9-6-10(17(16)14(15)19)12-8-3-2-7(4-5-8)11(9)12/h2-3,7-12H,4-6H2,1H3/t7-,8-,9+,10+,11+,12+/m0/s1. The van der Waals surface area contributed by atoms with Crippen molar-refractivity contribution in [2.24, 2.45) is 30.7 Å². The molecule has 4 aliphatic carbocycles. The molecule has 5 aliphatic rings. The van der Waals surface area contributed by atoms with Gasteiger partial charge in [-0.1, -0.05) is 12.2 Å². The zero-order valence-electron chi connectivity index (χ0n) is 10.9. The molecular weight excluding hydrogens is 242 g/mol. The molecule has 2 fully saturated rings. The Balaban J connectivity index is 1.78. The lowest BCUT2D eigenvalue weighted by molar-refractivity contribution is 0.0584. The van der Waals surface area contributed by atoms with Crippen LogP contribution in [0.25, 0.3) is 0 Å². The minimum Gasteiger partial charge on any atom is -0.246 e. The van der Waals surface area contributed by atoms with Crippen LogP contribution in [0.1, 0.15) is 31.3 Å². The van der Waals surface area contributed by atoms with Gasteiger partial charge < -0.3 is 0 Å². The van der Waals surface area contributed by atoms with E-state index < -0.39 is 0 Å². The van der Waals surface area contributed by atoms with Gasteiger partial charge in [-0.25, -0.2) is 23.5 Å². The van der Waals surface area contributed by atoms with E-state index in [9.17, 15) is 9.59 Å². The third-order valence-electron chi connectivity index (χ3n) is 6.07. The van der Waals surface area contributed by atoms with E-state index in [0.29, 0.717) is 23.7 Å². The van der Waals surface area contributed by atoms with E-state index in [1.165, 1.54) is 17.4 Å². The number of hydrogen-bond acceptors (Lipinski definition) is 2. The summed E-state index contributed by atoms with van der Waals surface area (Å²) in [7, 11) is 1.60. The highest BCUT2D eigenvalue weighted by Crippen LogP contribution is 2.62. The summed E-state index contributed by atoms with van der Waals surface area (Å²) in [5.41, 5.74) is -0.247. The van der Waals surface area contributed by atoms with Crippen LogP contribution in [0.4, 0.5) is 0 Å². The van der Waals surface area contributed by atoms with E-state index in [-0.39, 0.29) is 23.5 Å². The first-order valence-electron chi connectivity index (χ1n) is 7.27. The molecule has 6 atom stereocenters. The largest absolute Gasteiger partial charge is 0.347 e. The van der Waals surface area contributed by atoms with Gasteiger partial charge in [0, 0.05) is 7.05 Å². The molecule has 1 aliphatic heterocycles. The minimum atomic E-state index is -0.124. The zero-order valence-corrected chi connectivity index (χ0v) is 10.9. The normalized spacial score (nSPS) is 44.7. The van der Waals surface area contributed by atoms with E-state index in [4.69, 9.17) is 0 Å².